The molecular weight excluding hydrogens is 106 g/mol. The summed E-state index contributed by atoms with van der Waals surface area (Å²) in [5.41, 5.74) is 5.61. The fraction of sp³-hybridized carbons (Fsp3) is 1.00. The first-order chi connectivity index (χ1) is 3.34. The minimum absolute atomic E-state index is 0.509. The van der Waals surface area contributed by atoms with E-state index in [9.17, 15) is 0 Å². The Kier molecular flexibility index (Phi) is 1.60. The third kappa shape index (κ3) is 0.916. The van der Waals surface area contributed by atoms with Gasteiger partial charge in [-0.1, -0.05) is 0 Å². The highest BCUT2D eigenvalue weighted by atomic mass is 32.2. The molecule has 1 aliphatic rings. The van der Waals surface area contributed by atoms with Gasteiger partial charge in [-0.25, -0.2) is 0 Å². The molecule has 1 saturated carbocycles. The van der Waals surface area contributed by atoms with Crippen LogP contribution < -0.4 is 5.73 Å². The average molecular weight is 117 g/mol. The van der Waals surface area contributed by atoms with Gasteiger partial charge < -0.3 is 5.73 Å². The van der Waals surface area contributed by atoms with E-state index < -0.39 is 0 Å². The lowest BCUT2D eigenvalue weighted by Crippen LogP contribution is -2.41. The van der Waals surface area contributed by atoms with E-state index in [1.54, 1.807) is 0 Å². The maximum absolute atomic E-state index is 5.61. The average Bonchev–Trinajstić information content (AvgIpc) is 1.65. The molecule has 2 atom stereocenters. The van der Waals surface area contributed by atoms with Crippen LogP contribution in [0.1, 0.15) is 12.8 Å². The van der Waals surface area contributed by atoms with Crippen LogP contribution in [0.3, 0.4) is 0 Å². The third-order valence-electron chi connectivity index (χ3n) is 1.56. The van der Waals surface area contributed by atoms with Gasteiger partial charge in [0.1, 0.15) is 0 Å². The smallest absolute Gasteiger partial charge is 0.0196 e. The summed E-state index contributed by atoms with van der Waals surface area (Å²) in [6, 6.07) is 0.509. The maximum atomic E-state index is 5.61. The van der Waals surface area contributed by atoms with E-state index in [1.807, 2.05) is 11.8 Å². The van der Waals surface area contributed by atoms with Gasteiger partial charge in [0, 0.05) is 11.3 Å². The SMILES string of the molecule is CSC1CCC1N. The molecule has 42 valence electrons. The Morgan fingerprint density at radius 1 is 1.57 bits per heavy atom. The van der Waals surface area contributed by atoms with Crippen molar-refractivity contribution >= 4 is 11.8 Å². The zero-order valence-corrected chi connectivity index (χ0v) is 5.37. The van der Waals surface area contributed by atoms with Gasteiger partial charge in [0.25, 0.3) is 0 Å². The minimum Gasteiger partial charge on any atom is -0.327 e. The lowest BCUT2D eigenvalue weighted by atomic mass is 9.93. The molecule has 0 aromatic heterocycles. The second-order valence-corrected chi connectivity index (χ2v) is 3.09. The van der Waals surface area contributed by atoms with Crippen LogP contribution in [0.2, 0.25) is 0 Å². The van der Waals surface area contributed by atoms with E-state index in [0.29, 0.717) is 6.04 Å². The van der Waals surface area contributed by atoms with Crippen molar-refractivity contribution in [1.82, 2.24) is 0 Å². The predicted octanol–water partition coefficient (Wildman–Crippen LogP) is 0.839. The monoisotopic (exact) mass is 117 g/mol. The fourth-order valence-corrected chi connectivity index (χ4v) is 1.65. The zero-order chi connectivity index (χ0) is 5.28. The van der Waals surface area contributed by atoms with E-state index >= 15 is 0 Å². The van der Waals surface area contributed by atoms with Crippen molar-refractivity contribution in [3.63, 3.8) is 0 Å². The Labute approximate surface area is 48.7 Å². The van der Waals surface area contributed by atoms with E-state index in [-0.39, 0.29) is 0 Å². The zero-order valence-electron chi connectivity index (χ0n) is 4.55. The Morgan fingerprint density at radius 3 is 2.29 bits per heavy atom. The van der Waals surface area contributed by atoms with Crippen LogP contribution in [0.15, 0.2) is 0 Å². The van der Waals surface area contributed by atoms with Crippen LogP contribution >= 0.6 is 11.8 Å². The first-order valence-electron chi connectivity index (χ1n) is 2.63. The molecule has 0 bridgehead atoms. The van der Waals surface area contributed by atoms with Crippen molar-refractivity contribution in [2.75, 3.05) is 6.26 Å². The molecule has 0 aromatic carbocycles. The van der Waals surface area contributed by atoms with Gasteiger partial charge in [0.15, 0.2) is 0 Å². The highest BCUT2D eigenvalue weighted by Crippen LogP contribution is 2.27. The molecule has 1 rings (SSSR count). The van der Waals surface area contributed by atoms with Crippen LogP contribution in [0, 0.1) is 0 Å². The molecule has 1 aliphatic carbocycles. The number of nitrogens with two attached hydrogens (primary N) is 1. The second-order valence-electron chi connectivity index (χ2n) is 2.02. The van der Waals surface area contributed by atoms with Gasteiger partial charge in [-0.05, 0) is 19.1 Å². The molecule has 0 saturated heterocycles. The lowest BCUT2D eigenvalue weighted by Gasteiger charge is -2.31. The van der Waals surface area contributed by atoms with Crippen molar-refractivity contribution in [3.05, 3.63) is 0 Å². The van der Waals surface area contributed by atoms with Crippen LogP contribution in [0.4, 0.5) is 0 Å². The molecule has 2 heteroatoms. The van der Waals surface area contributed by atoms with Crippen molar-refractivity contribution in [2.24, 2.45) is 5.73 Å². The van der Waals surface area contributed by atoms with Gasteiger partial charge in [-0.2, -0.15) is 11.8 Å². The van der Waals surface area contributed by atoms with Crippen LogP contribution in [-0.4, -0.2) is 17.5 Å². The predicted molar refractivity (Wildman–Crippen MR) is 34.5 cm³/mol. The summed E-state index contributed by atoms with van der Waals surface area (Å²) in [6.07, 6.45) is 4.71. The van der Waals surface area contributed by atoms with Crippen molar-refractivity contribution < 1.29 is 0 Å². The molecule has 0 radical (unpaired) electrons. The highest BCUT2D eigenvalue weighted by Gasteiger charge is 2.25. The molecule has 1 fully saturated rings. The van der Waals surface area contributed by atoms with Crippen LogP contribution in [0.25, 0.3) is 0 Å². The summed E-state index contributed by atoms with van der Waals surface area (Å²) in [7, 11) is 0. The molecule has 0 heterocycles. The molecule has 2 unspecified atom stereocenters. The topological polar surface area (TPSA) is 26.0 Å². The summed E-state index contributed by atoms with van der Waals surface area (Å²) in [6.45, 7) is 0. The molecular formula is C5H11NS. The maximum Gasteiger partial charge on any atom is 0.0196 e. The van der Waals surface area contributed by atoms with Gasteiger partial charge in [0.2, 0.25) is 0 Å². The molecule has 7 heavy (non-hydrogen) atoms. The van der Waals surface area contributed by atoms with E-state index in [1.165, 1.54) is 12.8 Å². The summed E-state index contributed by atoms with van der Waals surface area (Å²) in [5.74, 6) is 0. The molecule has 2 N–H and O–H groups in total. The molecule has 0 amide bonds. The number of rotatable bonds is 1. The second kappa shape index (κ2) is 2.05. The summed E-state index contributed by atoms with van der Waals surface area (Å²) in [4.78, 5) is 0. The molecule has 0 aromatic rings. The summed E-state index contributed by atoms with van der Waals surface area (Å²) >= 11 is 1.89. The first kappa shape index (κ1) is 5.45. The largest absolute Gasteiger partial charge is 0.327 e. The first-order valence-corrected chi connectivity index (χ1v) is 3.92. The summed E-state index contributed by atoms with van der Waals surface area (Å²) < 4.78 is 0. The highest BCUT2D eigenvalue weighted by molar-refractivity contribution is 7.99. The van der Waals surface area contributed by atoms with Crippen LogP contribution in [-0.2, 0) is 0 Å². The minimum atomic E-state index is 0.509. The molecule has 0 spiro atoms. The van der Waals surface area contributed by atoms with E-state index in [0.717, 1.165) is 5.25 Å². The number of thioether (sulfide) groups is 1. The number of hydrogen-bond acceptors (Lipinski definition) is 2. The van der Waals surface area contributed by atoms with Crippen molar-refractivity contribution in [3.8, 4) is 0 Å². The Morgan fingerprint density at radius 2 is 2.29 bits per heavy atom. The van der Waals surface area contributed by atoms with Gasteiger partial charge >= 0.3 is 0 Å². The van der Waals surface area contributed by atoms with Gasteiger partial charge in [-0.15, -0.1) is 0 Å². The quantitative estimate of drug-likeness (QED) is 0.550. The molecule has 1 nitrogen and oxygen atoms in total. The van der Waals surface area contributed by atoms with E-state index in [2.05, 4.69) is 6.26 Å². The van der Waals surface area contributed by atoms with E-state index in [4.69, 9.17) is 5.73 Å². The van der Waals surface area contributed by atoms with Crippen molar-refractivity contribution in [1.29, 1.82) is 0 Å². The van der Waals surface area contributed by atoms with Gasteiger partial charge in [0.05, 0.1) is 0 Å². The lowest BCUT2D eigenvalue weighted by molar-refractivity contribution is 0.435. The summed E-state index contributed by atoms with van der Waals surface area (Å²) in [5, 5.41) is 0.778. The van der Waals surface area contributed by atoms with Crippen LogP contribution in [0.5, 0.6) is 0 Å². The molecule has 0 aliphatic heterocycles. The normalized spacial score (nSPS) is 40.3. The standard InChI is InChI=1S/C5H11NS/c1-7-5-3-2-4(5)6/h4-5H,2-3,6H2,1H3. The Bertz CT molecular complexity index is 63.1. The Hall–Kier alpha value is 0.310. The number of hydrogen-bond donors (Lipinski definition) is 1. The Balaban J connectivity index is 2.16. The van der Waals surface area contributed by atoms with Gasteiger partial charge in [-0.3, -0.25) is 0 Å². The fourth-order valence-electron chi connectivity index (χ4n) is 0.788. The third-order valence-corrected chi connectivity index (χ3v) is 2.76. The van der Waals surface area contributed by atoms with Crippen molar-refractivity contribution in [2.45, 2.75) is 24.1 Å².